The summed E-state index contributed by atoms with van der Waals surface area (Å²) >= 11 is 0. The largest absolute Gasteiger partial charge is 0.492 e. The monoisotopic (exact) mass is 265 g/mol. The zero-order chi connectivity index (χ0) is 14.3. The fourth-order valence-corrected chi connectivity index (χ4v) is 1.77. The molecule has 3 heteroatoms. The fourth-order valence-electron chi connectivity index (χ4n) is 1.77. The third-order valence-electron chi connectivity index (χ3n) is 3.25. The molecule has 19 heavy (non-hydrogen) atoms. The highest BCUT2D eigenvalue weighted by molar-refractivity contribution is 5.29. The summed E-state index contributed by atoms with van der Waals surface area (Å²) in [6.45, 7) is 9.84. The minimum absolute atomic E-state index is 0.0665. The Hall–Kier alpha value is -1.06. The number of hydrogen-bond donors (Lipinski definition) is 2. The van der Waals surface area contributed by atoms with Gasteiger partial charge in [0.15, 0.2) is 0 Å². The topological polar surface area (TPSA) is 41.5 Å². The third-order valence-corrected chi connectivity index (χ3v) is 3.25. The number of nitrogens with one attached hydrogen (secondary N) is 1. The molecule has 1 rings (SSSR count). The molecule has 0 saturated carbocycles. The Morgan fingerprint density at radius 1 is 1.26 bits per heavy atom. The standard InChI is InChI=1S/C16H27NO2/c1-5-10-17-16(4,11-18)12-19-15-8-6-14(7-9-15)13(2)3/h6-9,13,17-18H,5,10-12H2,1-4H3. The van der Waals surface area contributed by atoms with Gasteiger partial charge < -0.3 is 15.2 Å². The minimum atomic E-state index is -0.382. The van der Waals surface area contributed by atoms with Crippen molar-refractivity contribution in [3.63, 3.8) is 0 Å². The maximum Gasteiger partial charge on any atom is 0.119 e. The van der Waals surface area contributed by atoms with E-state index in [0.717, 1.165) is 18.7 Å². The first-order chi connectivity index (χ1) is 9.00. The van der Waals surface area contributed by atoms with Gasteiger partial charge in [0, 0.05) is 0 Å². The van der Waals surface area contributed by atoms with Crippen LogP contribution in [0.4, 0.5) is 0 Å². The van der Waals surface area contributed by atoms with Gasteiger partial charge in [-0.25, -0.2) is 0 Å². The van der Waals surface area contributed by atoms with E-state index >= 15 is 0 Å². The second-order valence-corrected chi connectivity index (χ2v) is 5.66. The molecule has 0 aromatic heterocycles. The van der Waals surface area contributed by atoms with E-state index in [0.29, 0.717) is 12.5 Å². The normalized spacial score (nSPS) is 14.4. The van der Waals surface area contributed by atoms with Crippen molar-refractivity contribution in [2.75, 3.05) is 19.8 Å². The SMILES string of the molecule is CCCNC(C)(CO)COc1ccc(C(C)C)cc1. The Morgan fingerprint density at radius 2 is 1.89 bits per heavy atom. The van der Waals surface area contributed by atoms with E-state index in [1.54, 1.807) is 0 Å². The minimum Gasteiger partial charge on any atom is -0.492 e. The smallest absolute Gasteiger partial charge is 0.119 e. The lowest BCUT2D eigenvalue weighted by Crippen LogP contribution is -2.50. The summed E-state index contributed by atoms with van der Waals surface area (Å²) in [7, 11) is 0. The van der Waals surface area contributed by atoms with E-state index in [4.69, 9.17) is 4.74 Å². The summed E-state index contributed by atoms with van der Waals surface area (Å²) in [4.78, 5) is 0. The van der Waals surface area contributed by atoms with Gasteiger partial charge in [0.25, 0.3) is 0 Å². The average molecular weight is 265 g/mol. The van der Waals surface area contributed by atoms with Crippen LogP contribution in [0.1, 0.15) is 45.6 Å². The predicted octanol–water partition coefficient (Wildman–Crippen LogP) is 2.94. The fraction of sp³-hybridized carbons (Fsp3) is 0.625. The van der Waals surface area contributed by atoms with Gasteiger partial charge in [-0.15, -0.1) is 0 Å². The number of hydrogen-bond acceptors (Lipinski definition) is 3. The van der Waals surface area contributed by atoms with Crippen molar-refractivity contribution >= 4 is 0 Å². The van der Waals surface area contributed by atoms with E-state index < -0.39 is 0 Å². The molecule has 0 amide bonds. The Balaban J connectivity index is 2.54. The first-order valence-electron chi connectivity index (χ1n) is 7.09. The van der Waals surface area contributed by atoms with Crippen molar-refractivity contribution in [1.82, 2.24) is 5.32 Å². The maximum atomic E-state index is 9.46. The summed E-state index contributed by atoms with van der Waals surface area (Å²) in [5, 5.41) is 12.8. The van der Waals surface area contributed by atoms with Crippen LogP contribution in [-0.4, -0.2) is 30.4 Å². The molecule has 0 aliphatic carbocycles. The van der Waals surface area contributed by atoms with Gasteiger partial charge in [0.05, 0.1) is 12.1 Å². The Bertz CT molecular complexity index is 362. The quantitative estimate of drug-likeness (QED) is 0.759. The molecule has 1 aromatic carbocycles. The van der Waals surface area contributed by atoms with Crippen LogP contribution in [0.15, 0.2) is 24.3 Å². The highest BCUT2D eigenvalue weighted by Crippen LogP contribution is 2.19. The van der Waals surface area contributed by atoms with Crippen LogP contribution < -0.4 is 10.1 Å². The van der Waals surface area contributed by atoms with Crippen LogP contribution in [0, 0.1) is 0 Å². The molecular formula is C16H27NO2. The second kappa shape index (κ2) is 7.51. The van der Waals surface area contributed by atoms with Crippen LogP contribution in [0.3, 0.4) is 0 Å². The van der Waals surface area contributed by atoms with Crippen molar-refractivity contribution < 1.29 is 9.84 Å². The van der Waals surface area contributed by atoms with Crippen LogP contribution in [0.5, 0.6) is 5.75 Å². The van der Waals surface area contributed by atoms with Crippen molar-refractivity contribution in [2.45, 2.75) is 45.6 Å². The molecule has 0 radical (unpaired) electrons. The van der Waals surface area contributed by atoms with Crippen molar-refractivity contribution in [3.05, 3.63) is 29.8 Å². The summed E-state index contributed by atoms with van der Waals surface area (Å²) < 4.78 is 5.77. The molecule has 0 aliphatic heterocycles. The number of aliphatic hydroxyl groups is 1. The van der Waals surface area contributed by atoms with Crippen LogP contribution >= 0.6 is 0 Å². The molecule has 0 aliphatic rings. The third kappa shape index (κ3) is 5.21. The number of aliphatic hydroxyl groups excluding tert-OH is 1. The lowest BCUT2D eigenvalue weighted by atomic mass is 10.0. The van der Waals surface area contributed by atoms with Gasteiger partial charge in [0.2, 0.25) is 0 Å². The molecule has 1 aromatic rings. The molecule has 1 atom stereocenters. The molecule has 0 bridgehead atoms. The Morgan fingerprint density at radius 3 is 2.37 bits per heavy atom. The predicted molar refractivity (Wildman–Crippen MR) is 79.8 cm³/mol. The molecule has 0 spiro atoms. The Labute approximate surface area is 117 Å². The van der Waals surface area contributed by atoms with E-state index in [2.05, 4.69) is 38.2 Å². The van der Waals surface area contributed by atoms with Gasteiger partial charge in [-0.05, 0) is 43.5 Å². The highest BCUT2D eigenvalue weighted by Gasteiger charge is 2.23. The van der Waals surface area contributed by atoms with Crippen LogP contribution in [0.25, 0.3) is 0 Å². The summed E-state index contributed by atoms with van der Waals surface area (Å²) in [6, 6.07) is 8.17. The van der Waals surface area contributed by atoms with E-state index in [1.807, 2.05) is 19.1 Å². The maximum absolute atomic E-state index is 9.46. The van der Waals surface area contributed by atoms with E-state index in [9.17, 15) is 5.11 Å². The molecule has 3 nitrogen and oxygen atoms in total. The van der Waals surface area contributed by atoms with Crippen molar-refractivity contribution in [2.24, 2.45) is 0 Å². The molecular weight excluding hydrogens is 238 g/mol. The molecule has 0 fully saturated rings. The van der Waals surface area contributed by atoms with Crippen molar-refractivity contribution in [3.8, 4) is 5.75 Å². The van der Waals surface area contributed by atoms with E-state index in [-0.39, 0.29) is 12.1 Å². The zero-order valence-electron chi connectivity index (χ0n) is 12.6. The van der Waals surface area contributed by atoms with Gasteiger partial charge in [0.1, 0.15) is 12.4 Å². The molecule has 0 saturated heterocycles. The van der Waals surface area contributed by atoms with Gasteiger partial charge in [-0.2, -0.15) is 0 Å². The molecule has 2 N–H and O–H groups in total. The second-order valence-electron chi connectivity index (χ2n) is 5.66. The van der Waals surface area contributed by atoms with Gasteiger partial charge >= 0.3 is 0 Å². The average Bonchev–Trinajstić information content (AvgIpc) is 2.43. The molecule has 108 valence electrons. The summed E-state index contributed by atoms with van der Waals surface area (Å²) in [6.07, 6.45) is 1.04. The number of benzene rings is 1. The summed E-state index contributed by atoms with van der Waals surface area (Å²) in [5.41, 5.74) is 0.925. The lowest BCUT2D eigenvalue weighted by molar-refractivity contribution is 0.116. The van der Waals surface area contributed by atoms with E-state index in [1.165, 1.54) is 5.56 Å². The zero-order valence-corrected chi connectivity index (χ0v) is 12.6. The first-order valence-corrected chi connectivity index (χ1v) is 7.09. The lowest BCUT2D eigenvalue weighted by Gasteiger charge is -2.28. The first kappa shape index (κ1) is 16.0. The number of ether oxygens (including phenoxy) is 1. The van der Waals surface area contributed by atoms with Crippen LogP contribution in [0.2, 0.25) is 0 Å². The van der Waals surface area contributed by atoms with Crippen molar-refractivity contribution in [1.29, 1.82) is 0 Å². The van der Waals surface area contributed by atoms with Crippen LogP contribution in [-0.2, 0) is 0 Å². The number of rotatable bonds is 8. The summed E-state index contributed by atoms with van der Waals surface area (Å²) in [5.74, 6) is 1.38. The Kier molecular flexibility index (Phi) is 6.32. The molecule has 0 heterocycles. The van der Waals surface area contributed by atoms with Gasteiger partial charge in [-0.3, -0.25) is 0 Å². The highest BCUT2D eigenvalue weighted by atomic mass is 16.5. The van der Waals surface area contributed by atoms with Gasteiger partial charge in [-0.1, -0.05) is 32.9 Å². The molecule has 1 unspecified atom stereocenters.